The molecule has 1 saturated heterocycles. The normalized spacial score (nSPS) is 18.8. The van der Waals surface area contributed by atoms with Crippen molar-refractivity contribution in [1.29, 1.82) is 0 Å². The Bertz CT molecular complexity index is 721. The number of rotatable bonds is 4. The summed E-state index contributed by atoms with van der Waals surface area (Å²) in [6, 6.07) is 15.0. The molecular weight excluding hydrogens is 292 g/mol. The molecule has 0 amide bonds. The van der Waals surface area contributed by atoms with E-state index in [-0.39, 0.29) is 0 Å². The largest absolute Gasteiger partial charge is 0.439 e. The summed E-state index contributed by atoms with van der Waals surface area (Å²) in [6.07, 6.45) is 4.31. The number of oxazole rings is 1. The molecule has 4 heteroatoms. The molecule has 4 rings (SSSR count). The second-order valence-electron chi connectivity index (χ2n) is 5.63. The number of nitrogens with zero attached hydrogens (tertiary/aromatic N) is 2. The minimum absolute atomic E-state index is 0.520. The van der Waals surface area contributed by atoms with Crippen LogP contribution in [0, 0.1) is 0 Å². The first-order valence-corrected chi connectivity index (χ1v) is 8.56. The van der Waals surface area contributed by atoms with E-state index in [0.29, 0.717) is 6.04 Å². The molecule has 0 bridgehead atoms. The van der Waals surface area contributed by atoms with Crippen LogP contribution in [0.25, 0.3) is 11.3 Å². The topological polar surface area (TPSA) is 29.3 Å². The van der Waals surface area contributed by atoms with Crippen molar-refractivity contribution in [2.75, 3.05) is 6.54 Å². The van der Waals surface area contributed by atoms with E-state index in [9.17, 15) is 0 Å². The monoisotopic (exact) mass is 310 g/mol. The second kappa shape index (κ2) is 6.07. The maximum Gasteiger partial charge on any atom is 0.209 e. The third-order valence-electron chi connectivity index (χ3n) is 4.19. The summed E-state index contributed by atoms with van der Waals surface area (Å²) >= 11 is 1.84. The molecule has 3 heterocycles. The van der Waals surface area contributed by atoms with Crippen molar-refractivity contribution in [3.8, 4) is 11.3 Å². The van der Waals surface area contributed by atoms with E-state index in [2.05, 4.69) is 39.5 Å². The molecule has 0 saturated carbocycles. The average Bonchev–Trinajstić information content (AvgIpc) is 3.30. The number of likely N-dealkylation sites (tertiary alicyclic amines) is 1. The third kappa shape index (κ3) is 2.72. The van der Waals surface area contributed by atoms with Crippen LogP contribution in [0.5, 0.6) is 0 Å². The van der Waals surface area contributed by atoms with Crippen molar-refractivity contribution in [2.24, 2.45) is 0 Å². The summed E-state index contributed by atoms with van der Waals surface area (Å²) in [6.45, 7) is 1.90. The highest BCUT2D eigenvalue weighted by Gasteiger charge is 2.27. The molecule has 1 aliphatic rings. The second-order valence-corrected chi connectivity index (χ2v) is 6.61. The lowest BCUT2D eigenvalue weighted by Gasteiger charge is -2.21. The van der Waals surface area contributed by atoms with Crippen LogP contribution >= 0.6 is 11.3 Å². The van der Waals surface area contributed by atoms with Crippen LogP contribution in [0.15, 0.2) is 58.5 Å². The first kappa shape index (κ1) is 13.7. The van der Waals surface area contributed by atoms with Crippen LogP contribution in [-0.2, 0) is 6.54 Å². The van der Waals surface area contributed by atoms with Crippen molar-refractivity contribution in [3.05, 3.63) is 64.8 Å². The van der Waals surface area contributed by atoms with E-state index in [0.717, 1.165) is 30.3 Å². The quantitative estimate of drug-likeness (QED) is 0.697. The van der Waals surface area contributed by atoms with Gasteiger partial charge < -0.3 is 4.42 Å². The molecule has 1 aromatic carbocycles. The molecule has 1 unspecified atom stereocenters. The molecule has 3 nitrogen and oxygen atoms in total. The van der Waals surface area contributed by atoms with Crippen LogP contribution in [-0.4, -0.2) is 16.4 Å². The van der Waals surface area contributed by atoms with E-state index >= 15 is 0 Å². The van der Waals surface area contributed by atoms with Gasteiger partial charge in [-0.15, -0.1) is 11.3 Å². The minimum atomic E-state index is 0.520. The van der Waals surface area contributed by atoms with Gasteiger partial charge in [-0.3, -0.25) is 4.90 Å². The Labute approximate surface area is 134 Å². The van der Waals surface area contributed by atoms with Gasteiger partial charge >= 0.3 is 0 Å². The van der Waals surface area contributed by atoms with Crippen molar-refractivity contribution in [1.82, 2.24) is 9.88 Å². The highest BCUT2D eigenvalue weighted by atomic mass is 32.1. The predicted octanol–water partition coefficient (Wildman–Crippen LogP) is 4.74. The van der Waals surface area contributed by atoms with Gasteiger partial charge in [-0.1, -0.05) is 36.4 Å². The Morgan fingerprint density at radius 3 is 2.91 bits per heavy atom. The molecular formula is C18H18N2OS. The van der Waals surface area contributed by atoms with Gasteiger partial charge in [-0.05, 0) is 30.8 Å². The van der Waals surface area contributed by atoms with Gasteiger partial charge in [0.1, 0.15) is 0 Å². The zero-order valence-electron chi connectivity index (χ0n) is 12.3. The predicted molar refractivity (Wildman–Crippen MR) is 88.6 cm³/mol. The Morgan fingerprint density at radius 2 is 2.09 bits per heavy atom. The summed E-state index contributed by atoms with van der Waals surface area (Å²) in [5.74, 6) is 1.66. The van der Waals surface area contributed by atoms with Crippen LogP contribution in [0.3, 0.4) is 0 Å². The zero-order chi connectivity index (χ0) is 14.8. The molecule has 0 spiro atoms. The van der Waals surface area contributed by atoms with E-state index in [1.54, 1.807) is 0 Å². The molecule has 112 valence electrons. The van der Waals surface area contributed by atoms with Gasteiger partial charge in [-0.25, -0.2) is 4.98 Å². The lowest BCUT2D eigenvalue weighted by molar-refractivity contribution is 0.227. The molecule has 3 aromatic rings. The molecule has 1 fully saturated rings. The lowest BCUT2D eigenvalue weighted by atomic mass is 10.2. The van der Waals surface area contributed by atoms with Crippen molar-refractivity contribution >= 4 is 11.3 Å². The molecule has 0 N–H and O–H groups in total. The summed E-state index contributed by atoms with van der Waals surface area (Å²) in [4.78, 5) is 8.40. The standard InChI is InChI=1S/C18H18N2OS/c1-2-6-14(7-3-1)16-12-19-18(21-16)13-20-10-4-8-15(20)17-9-5-11-22-17/h1-3,5-7,9,11-12,15H,4,8,10,13H2. The third-order valence-corrected chi connectivity index (χ3v) is 5.16. The number of thiophene rings is 1. The van der Waals surface area contributed by atoms with Gasteiger partial charge in [0.05, 0.1) is 12.7 Å². The Kier molecular flexibility index (Phi) is 3.79. The number of hydrogen-bond donors (Lipinski definition) is 0. The van der Waals surface area contributed by atoms with Crippen LogP contribution in [0.2, 0.25) is 0 Å². The lowest BCUT2D eigenvalue weighted by Crippen LogP contribution is -2.22. The number of aromatic nitrogens is 1. The molecule has 2 aromatic heterocycles. The SMILES string of the molecule is c1ccc(-c2cnc(CN3CCCC3c3cccs3)o2)cc1. The van der Waals surface area contributed by atoms with Crippen molar-refractivity contribution < 1.29 is 4.42 Å². The Hall–Kier alpha value is -1.91. The smallest absolute Gasteiger partial charge is 0.209 e. The van der Waals surface area contributed by atoms with Gasteiger partial charge in [-0.2, -0.15) is 0 Å². The van der Waals surface area contributed by atoms with Crippen LogP contribution in [0.4, 0.5) is 0 Å². The molecule has 22 heavy (non-hydrogen) atoms. The molecule has 1 aliphatic heterocycles. The summed E-state index contributed by atoms with van der Waals surface area (Å²) in [7, 11) is 0. The summed E-state index contributed by atoms with van der Waals surface area (Å²) < 4.78 is 5.95. The average molecular weight is 310 g/mol. The zero-order valence-corrected chi connectivity index (χ0v) is 13.1. The summed E-state index contributed by atoms with van der Waals surface area (Å²) in [5, 5.41) is 2.16. The van der Waals surface area contributed by atoms with Crippen molar-refractivity contribution in [2.45, 2.75) is 25.4 Å². The van der Waals surface area contributed by atoms with Crippen LogP contribution < -0.4 is 0 Å². The highest BCUT2D eigenvalue weighted by molar-refractivity contribution is 7.10. The van der Waals surface area contributed by atoms with Gasteiger partial charge in [0.25, 0.3) is 0 Å². The van der Waals surface area contributed by atoms with Gasteiger partial charge in [0.2, 0.25) is 5.89 Å². The van der Waals surface area contributed by atoms with E-state index in [4.69, 9.17) is 4.42 Å². The Morgan fingerprint density at radius 1 is 1.18 bits per heavy atom. The van der Waals surface area contributed by atoms with Gasteiger partial charge in [0, 0.05) is 16.5 Å². The fourth-order valence-corrected chi connectivity index (χ4v) is 4.01. The van der Waals surface area contributed by atoms with Crippen LogP contribution in [0.1, 0.15) is 29.7 Å². The van der Waals surface area contributed by atoms with E-state index in [1.807, 2.05) is 35.7 Å². The molecule has 1 atom stereocenters. The Balaban J connectivity index is 1.51. The fourth-order valence-electron chi connectivity index (χ4n) is 3.11. The molecule has 0 aliphatic carbocycles. The van der Waals surface area contributed by atoms with E-state index in [1.165, 1.54) is 17.7 Å². The highest BCUT2D eigenvalue weighted by Crippen LogP contribution is 2.35. The first-order valence-electron chi connectivity index (χ1n) is 7.68. The maximum atomic E-state index is 5.95. The minimum Gasteiger partial charge on any atom is -0.439 e. The summed E-state index contributed by atoms with van der Waals surface area (Å²) in [5.41, 5.74) is 1.08. The molecule has 0 radical (unpaired) electrons. The van der Waals surface area contributed by atoms with Crippen molar-refractivity contribution in [3.63, 3.8) is 0 Å². The number of hydrogen-bond acceptors (Lipinski definition) is 4. The fraction of sp³-hybridized carbons (Fsp3) is 0.278. The van der Waals surface area contributed by atoms with Gasteiger partial charge in [0.15, 0.2) is 5.76 Å². The maximum absolute atomic E-state index is 5.95. The first-order chi connectivity index (χ1) is 10.9. The van der Waals surface area contributed by atoms with E-state index < -0.39 is 0 Å². The number of benzene rings is 1.